The van der Waals surface area contributed by atoms with E-state index in [1.807, 2.05) is 0 Å². The van der Waals surface area contributed by atoms with E-state index in [-0.39, 0.29) is 28.3 Å². The summed E-state index contributed by atoms with van der Waals surface area (Å²) >= 11 is 0. The van der Waals surface area contributed by atoms with E-state index >= 15 is 0 Å². The molecule has 0 saturated heterocycles. The van der Waals surface area contributed by atoms with Crippen molar-refractivity contribution in [3.05, 3.63) is 59.7 Å². The van der Waals surface area contributed by atoms with Crippen LogP contribution in [0, 0.1) is 0 Å². The number of hydrogen-bond donors (Lipinski definition) is 4. The van der Waals surface area contributed by atoms with Crippen LogP contribution < -0.4 is 0 Å². The van der Waals surface area contributed by atoms with E-state index in [9.17, 15) is 19.8 Å². The van der Waals surface area contributed by atoms with E-state index in [4.69, 9.17) is 10.2 Å². The van der Waals surface area contributed by atoms with Gasteiger partial charge >= 0.3 is 11.9 Å². The van der Waals surface area contributed by atoms with E-state index in [0.717, 1.165) is 0 Å². The molecule has 0 bridgehead atoms. The predicted molar refractivity (Wildman–Crippen MR) is 117 cm³/mol. The molecule has 11 heteroatoms. The number of carbonyl (C=O) groups is 2. The average Bonchev–Trinajstić information content (AvgIpc) is 2.82. The van der Waals surface area contributed by atoms with Crippen molar-refractivity contribution in [2.75, 3.05) is 27.4 Å². The number of rotatable bonds is 8. The second-order valence-electron chi connectivity index (χ2n) is 6.12. The third-order valence-electron chi connectivity index (χ3n) is 3.95. The van der Waals surface area contributed by atoms with Gasteiger partial charge in [0.05, 0.1) is 27.4 Å². The number of phenolic OH excluding ortho intramolecular Hbond substituents is 2. The van der Waals surface area contributed by atoms with Gasteiger partial charge < -0.3 is 29.9 Å². The molecule has 0 aliphatic rings. The Hall–Kier alpha value is -3.25. The summed E-state index contributed by atoms with van der Waals surface area (Å²) in [5, 5.41) is 36.6. The number of nitrogens with zero attached hydrogens (tertiary/aromatic N) is 2. The minimum atomic E-state index is -0.954. The van der Waals surface area contributed by atoms with Crippen LogP contribution >= 0.6 is 0 Å². The molecule has 0 spiro atoms. The van der Waals surface area contributed by atoms with Crippen molar-refractivity contribution in [1.29, 1.82) is 0 Å². The third kappa shape index (κ3) is 10.3. The maximum Gasteiger partial charge on any atom is 0.332 e. The monoisotopic (exact) mass is 505 g/mol. The number of hydrogen-bond acceptors (Lipinski definition) is 10. The molecule has 2 rings (SSSR count). The number of aliphatic hydroxyl groups is 2. The van der Waals surface area contributed by atoms with Gasteiger partial charge in [-0.3, -0.25) is 9.98 Å². The summed E-state index contributed by atoms with van der Waals surface area (Å²) in [5.41, 5.74) is 0.953. The molecular formula is C22H26CoN2O8. The molecule has 1 radical (unpaired) electrons. The standard InChI is InChI=1S/2C11H13NO4.Co/c2*1-16-11(15)9(7-13)12-6-8-4-2-3-5-10(8)14;/h2*2-6,9,13-14H,7H2,1H3;/t2*9-;/m00./s1. The van der Waals surface area contributed by atoms with Crippen molar-refractivity contribution in [3.63, 3.8) is 0 Å². The number of esters is 2. The van der Waals surface area contributed by atoms with Crippen molar-refractivity contribution in [1.82, 2.24) is 0 Å². The zero-order chi connectivity index (χ0) is 23.9. The molecule has 0 aliphatic heterocycles. The second-order valence-corrected chi connectivity index (χ2v) is 6.12. The number of aromatic hydroxyl groups is 2. The molecule has 0 aromatic heterocycles. The third-order valence-corrected chi connectivity index (χ3v) is 3.95. The summed E-state index contributed by atoms with van der Waals surface area (Å²) in [7, 11) is 2.45. The first-order chi connectivity index (χ1) is 15.4. The van der Waals surface area contributed by atoms with E-state index in [1.54, 1.807) is 36.4 Å². The number of aliphatic hydroxyl groups excluding tert-OH is 2. The Kier molecular flexibility index (Phi) is 14.8. The summed E-state index contributed by atoms with van der Waals surface area (Å²) < 4.78 is 8.89. The quantitative estimate of drug-likeness (QED) is 0.301. The molecule has 0 unspecified atom stereocenters. The van der Waals surface area contributed by atoms with Crippen LogP contribution in [0.3, 0.4) is 0 Å². The Bertz CT molecular complexity index is 861. The van der Waals surface area contributed by atoms with Crippen LogP contribution in [0.1, 0.15) is 11.1 Å². The van der Waals surface area contributed by atoms with E-state index < -0.39 is 37.2 Å². The maximum atomic E-state index is 11.1. The topological polar surface area (TPSA) is 158 Å². The molecule has 181 valence electrons. The number of benzene rings is 2. The SMILES string of the molecule is COC(=O)[C@H](CO)N=Cc1ccccc1O.COC(=O)[C@H](CO)N=Cc1ccccc1O.[Co]. The van der Waals surface area contributed by atoms with E-state index in [2.05, 4.69) is 19.5 Å². The molecule has 0 aliphatic carbocycles. The van der Waals surface area contributed by atoms with Gasteiger partial charge in [-0.25, -0.2) is 9.59 Å². The molecule has 10 nitrogen and oxygen atoms in total. The number of carbonyl (C=O) groups excluding carboxylic acids is 2. The van der Waals surface area contributed by atoms with Gasteiger partial charge in [-0.2, -0.15) is 0 Å². The van der Waals surface area contributed by atoms with Gasteiger partial charge in [0.1, 0.15) is 11.5 Å². The summed E-state index contributed by atoms with van der Waals surface area (Å²) in [6, 6.07) is 11.2. The molecule has 0 amide bonds. The summed E-state index contributed by atoms with van der Waals surface area (Å²) in [6.45, 7) is -0.868. The maximum absolute atomic E-state index is 11.1. The molecule has 0 heterocycles. The predicted octanol–water partition coefficient (Wildman–Crippen LogP) is 0.687. The molecule has 33 heavy (non-hydrogen) atoms. The Balaban J connectivity index is 0.000000602. The number of ether oxygens (including phenoxy) is 2. The van der Waals surface area contributed by atoms with Gasteiger partial charge in [0.2, 0.25) is 0 Å². The zero-order valence-corrected chi connectivity index (χ0v) is 19.0. The first-order valence-electron chi connectivity index (χ1n) is 9.37. The first-order valence-corrected chi connectivity index (χ1v) is 9.37. The van der Waals surface area contributed by atoms with Crippen molar-refractivity contribution in [2.45, 2.75) is 12.1 Å². The molecule has 2 aromatic carbocycles. The van der Waals surface area contributed by atoms with Crippen molar-refractivity contribution in [3.8, 4) is 11.5 Å². The van der Waals surface area contributed by atoms with Crippen LogP contribution in [-0.2, 0) is 35.8 Å². The van der Waals surface area contributed by atoms with Crippen LogP contribution in [-0.4, -0.2) is 84.3 Å². The number of phenols is 2. The smallest absolute Gasteiger partial charge is 0.332 e. The number of para-hydroxylation sites is 2. The van der Waals surface area contributed by atoms with Crippen LogP contribution in [0.25, 0.3) is 0 Å². The minimum absolute atomic E-state index is 0. The normalized spacial score (nSPS) is 12.2. The van der Waals surface area contributed by atoms with Crippen LogP contribution in [0.15, 0.2) is 58.5 Å². The fourth-order valence-corrected chi connectivity index (χ4v) is 2.17. The minimum Gasteiger partial charge on any atom is -0.507 e. The Morgan fingerprint density at radius 2 is 1.12 bits per heavy atom. The van der Waals surface area contributed by atoms with Crippen molar-refractivity contribution < 1.29 is 56.3 Å². The summed E-state index contributed by atoms with van der Waals surface area (Å²) in [6.07, 6.45) is 2.65. The average molecular weight is 505 g/mol. The molecule has 4 N–H and O–H groups in total. The van der Waals surface area contributed by atoms with Gasteiger partial charge in [-0.05, 0) is 24.3 Å². The van der Waals surface area contributed by atoms with Gasteiger partial charge in [-0.15, -0.1) is 0 Å². The fraction of sp³-hybridized carbons (Fsp3) is 0.273. The van der Waals surface area contributed by atoms with Crippen molar-refractivity contribution in [2.24, 2.45) is 9.98 Å². The van der Waals surface area contributed by atoms with Crippen LogP contribution in [0.2, 0.25) is 0 Å². The van der Waals surface area contributed by atoms with Gasteiger partial charge in [-0.1, -0.05) is 24.3 Å². The van der Waals surface area contributed by atoms with Gasteiger partial charge in [0.15, 0.2) is 12.1 Å². The van der Waals surface area contributed by atoms with Crippen LogP contribution in [0.5, 0.6) is 11.5 Å². The molecule has 2 atom stereocenters. The summed E-state index contributed by atoms with van der Waals surface area (Å²) in [5.74, 6) is -1.11. The first kappa shape index (κ1) is 29.7. The molecule has 0 fully saturated rings. The summed E-state index contributed by atoms with van der Waals surface area (Å²) in [4.78, 5) is 29.9. The zero-order valence-electron chi connectivity index (χ0n) is 18.0. The molecular weight excluding hydrogens is 479 g/mol. The van der Waals surface area contributed by atoms with Crippen LogP contribution in [0.4, 0.5) is 0 Å². The Labute approximate surface area is 201 Å². The van der Waals surface area contributed by atoms with E-state index in [1.165, 1.54) is 38.8 Å². The fourth-order valence-electron chi connectivity index (χ4n) is 2.17. The second kappa shape index (κ2) is 16.4. The number of methoxy groups -OCH3 is 2. The molecule has 0 saturated carbocycles. The molecule has 2 aromatic rings. The largest absolute Gasteiger partial charge is 0.507 e. The van der Waals surface area contributed by atoms with Gasteiger partial charge in [0, 0.05) is 40.3 Å². The Morgan fingerprint density at radius 3 is 1.39 bits per heavy atom. The van der Waals surface area contributed by atoms with Gasteiger partial charge in [0.25, 0.3) is 0 Å². The van der Waals surface area contributed by atoms with Crippen molar-refractivity contribution >= 4 is 24.4 Å². The number of aliphatic imine (C=N–C) groups is 2. The van der Waals surface area contributed by atoms with E-state index in [0.29, 0.717) is 11.1 Å². The Morgan fingerprint density at radius 1 is 0.788 bits per heavy atom.